The van der Waals surface area contributed by atoms with Crippen LogP contribution in [0.3, 0.4) is 0 Å². The van der Waals surface area contributed by atoms with Crippen LogP contribution in [0.25, 0.3) is 28.9 Å². The van der Waals surface area contributed by atoms with E-state index in [4.69, 9.17) is 9.47 Å². The molecule has 4 rings (SSSR count). The summed E-state index contributed by atoms with van der Waals surface area (Å²) in [4.78, 5) is 18.1. The molecule has 8 heteroatoms. The quantitative estimate of drug-likeness (QED) is 0.226. The highest BCUT2D eigenvalue weighted by molar-refractivity contribution is 5.81. The number of hydrogen-bond donors (Lipinski definition) is 0. The summed E-state index contributed by atoms with van der Waals surface area (Å²) < 4.78 is 52.2. The fourth-order valence-corrected chi connectivity index (χ4v) is 4.00. The zero-order valence-corrected chi connectivity index (χ0v) is 20.6. The number of hydrogen-bond acceptors (Lipinski definition) is 4. The first kappa shape index (κ1) is 26.0. The van der Waals surface area contributed by atoms with Gasteiger partial charge in [-0.1, -0.05) is 50.1 Å². The molecule has 4 aromatic rings. The largest absolute Gasteiger partial charge is 0.493 e. The van der Waals surface area contributed by atoms with Gasteiger partial charge in [0.1, 0.15) is 5.65 Å². The van der Waals surface area contributed by atoms with Crippen LogP contribution in [0, 0.1) is 0 Å². The number of benzene rings is 2. The summed E-state index contributed by atoms with van der Waals surface area (Å²) in [7, 11) is 1.57. The van der Waals surface area contributed by atoms with Crippen molar-refractivity contribution >= 4 is 17.8 Å². The van der Waals surface area contributed by atoms with Gasteiger partial charge in [-0.2, -0.15) is 13.2 Å². The van der Waals surface area contributed by atoms with Crippen LogP contribution in [0.4, 0.5) is 13.2 Å². The van der Waals surface area contributed by atoms with Crippen LogP contribution in [-0.4, -0.2) is 23.1 Å². The van der Waals surface area contributed by atoms with Gasteiger partial charge < -0.3 is 9.47 Å². The molecule has 0 aliphatic heterocycles. The molecule has 0 radical (unpaired) electrons. The molecular weight excluding hydrogens is 481 g/mol. The lowest BCUT2D eigenvalue weighted by atomic mass is 10.0. The number of fused-ring (bicyclic) bond motifs is 1. The van der Waals surface area contributed by atoms with Crippen LogP contribution in [0.1, 0.15) is 43.0 Å². The van der Waals surface area contributed by atoms with Crippen molar-refractivity contribution in [1.29, 1.82) is 0 Å². The molecule has 0 amide bonds. The van der Waals surface area contributed by atoms with Gasteiger partial charge in [0.15, 0.2) is 11.5 Å². The Bertz CT molecular complexity index is 1460. The summed E-state index contributed by atoms with van der Waals surface area (Å²) in [6.45, 7) is 2.64. The molecule has 5 nitrogen and oxygen atoms in total. The van der Waals surface area contributed by atoms with Crippen molar-refractivity contribution in [2.75, 3.05) is 13.7 Å². The summed E-state index contributed by atoms with van der Waals surface area (Å²) in [6.07, 6.45) is 3.56. The van der Waals surface area contributed by atoms with Gasteiger partial charge in [-0.25, -0.2) is 4.98 Å². The third-order valence-electron chi connectivity index (χ3n) is 5.91. The molecule has 0 atom stereocenters. The lowest BCUT2D eigenvalue weighted by molar-refractivity contribution is -0.137. The Kier molecular flexibility index (Phi) is 7.96. The van der Waals surface area contributed by atoms with E-state index in [0.717, 1.165) is 37.0 Å². The van der Waals surface area contributed by atoms with E-state index in [1.807, 2.05) is 12.1 Å². The smallest absolute Gasteiger partial charge is 0.416 e. The number of halogens is 3. The highest BCUT2D eigenvalue weighted by Crippen LogP contribution is 2.34. The number of unbranched alkanes of at least 4 members (excludes halogenated alkanes) is 2. The Hall–Kier alpha value is -4.07. The van der Waals surface area contributed by atoms with Crippen LogP contribution in [0.5, 0.6) is 11.5 Å². The number of pyridine rings is 1. The average molecular weight is 509 g/mol. The monoisotopic (exact) mass is 508 g/mol. The van der Waals surface area contributed by atoms with Crippen molar-refractivity contribution in [3.05, 3.63) is 94.0 Å². The van der Waals surface area contributed by atoms with Crippen LogP contribution in [-0.2, 0) is 6.18 Å². The molecule has 2 aromatic heterocycles. The molecule has 192 valence electrons. The first-order chi connectivity index (χ1) is 17.8. The van der Waals surface area contributed by atoms with Gasteiger partial charge in [0.05, 0.1) is 30.5 Å². The lowest BCUT2D eigenvalue weighted by Gasteiger charge is -2.14. The van der Waals surface area contributed by atoms with E-state index >= 15 is 0 Å². The van der Waals surface area contributed by atoms with E-state index in [2.05, 4.69) is 11.9 Å². The minimum absolute atomic E-state index is 0.196. The van der Waals surface area contributed by atoms with Crippen LogP contribution >= 0.6 is 0 Å². The maximum Gasteiger partial charge on any atom is 0.416 e. The number of nitrogens with zero attached hydrogens (tertiary/aromatic N) is 2. The van der Waals surface area contributed by atoms with E-state index in [1.54, 1.807) is 49.7 Å². The van der Waals surface area contributed by atoms with Gasteiger partial charge in [0.25, 0.3) is 5.56 Å². The summed E-state index contributed by atoms with van der Waals surface area (Å²) in [6, 6.07) is 15.2. The van der Waals surface area contributed by atoms with E-state index in [-0.39, 0.29) is 11.1 Å². The summed E-state index contributed by atoms with van der Waals surface area (Å²) in [5.74, 6) is 1.15. The van der Waals surface area contributed by atoms with Crippen LogP contribution in [0.15, 0.2) is 71.7 Å². The molecular formula is C29H27F3N2O3. The minimum atomic E-state index is -4.47. The zero-order chi connectivity index (χ0) is 26.4. The second kappa shape index (κ2) is 11.3. The third kappa shape index (κ3) is 5.85. The molecule has 0 unspecified atom stereocenters. The van der Waals surface area contributed by atoms with Crippen LogP contribution < -0.4 is 15.0 Å². The summed E-state index contributed by atoms with van der Waals surface area (Å²) in [5.41, 5.74) is 0.840. The van der Waals surface area contributed by atoms with E-state index in [9.17, 15) is 18.0 Å². The van der Waals surface area contributed by atoms with Crippen molar-refractivity contribution in [1.82, 2.24) is 9.38 Å². The normalized spacial score (nSPS) is 11.8. The number of para-hydroxylation sites is 1. The minimum Gasteiger partial charge on any atom is -0.493 e. The Balaban J connectivity index is 1.81. The highest BCUT2D eigenvalue weighted by Gasteiger charge is 2.30. The zero-order valence-electron chi connectivity index (χ0n) is 20.6. The van der Waals surface area contributed by atoms with Crippen molar-refractivity contribution in [3.8, 4) is 22.6 Å². The standard InChI is InChI=1S/C29H27F3N2O3/c1-3-4-7-19-37-27-21(9-8-10-24(27)36-2)14-17-23-26(20-12-15-22(16-13-20)29(30,31)32)28(35)34-18-6-5-11-25(34)33-23/h5-6,8-18H,3-4,7,19H2,1-2H3/b17-14+. The Labute approximate surface area is 212 Å². The maximum atomic E-state index is 13.4. The molecule has 0 spiro atoms. The number of aromatic nitrogens is 2. The van der Waals surface area contributed by atoms with Gasteiger partial charge >= 0.3 is 6.18 Å². The maximum absolute atomic E-state index is 13.4. The van der Waals surface area contributed by atoms with Gasteiger partial charge in [-0.15, -0.1) is 0 Å². The summed E-state index contributed by atoms with van der Waals surface area (Å²) in [5, 5.41) is 0. The molecule has 2 aromatic carbocycles. The van der Waals surface area contributed by atoms with Crippen molar-refractivity contribution in [2.45, 2.75) is 32.4 Å². The molecule has 0 bridgehead atoms. The van der Waals surface area contributed by atoms with Crippen molar-refractivity contribution in [2.24, 2.45) is 0 Å². The number of methoxy groups -OCH3 is 1. The highest BCUT2D eigenvalue weighted by atomic mass is 19.4. The third-order valence-corrected chi connectivity index (χ3v) is 5.91. The fraction of sp³-hybridized carbons (Fsp3) is 0.241. The SMILES string of the molecule is CCCCCOc1c(/C=C/c2nc3ccccn3c(=O)c2-c2ccc(C(F)(F)F)cc2)cccc1OC. The second-order valence-corrected chi connectivity index (χ2v) is 8.45. The van der Waals surface area contributed by atoms with E-state index in [0.29, 0.717) is 35.0 Å². The molecule has 0 aliphatic rings. The topological polar surface area (TPSA) is 52.8 Å². The molecule has 0 fully saturated rings. The van der Waals surface area contributed by atoms with Crippen molar-refractivity contribution < 1.29 is 22.6 Å². The second-order valence-electron chi connectivity index (χ2n) is 8.45. The average Bonchev–Trinajstić information content (AvgIpc) is 2.90. The Morgan fingerprint density at radius 1 is 0.973 bits per heavy atom. The van der Waals surface area contributed by atoms with Gasteiger partial charge in [-0.3, -0.25) is 9.20 Å². The molecule has 2 heterocycles. The van der Waals surface area contributed by atoms with E-state index < -0.39 is 11.7 Å². The molecule has 0 saturated heterocycles. The summed E-state index contributed by atoms with van der Waals surface area (Å²) >= 11 is 0. The number of alkyl halides is 3. The molecule has 0 saturated carbocycles. The van der Waals surface area contributed by atoms with E-state index in [1.165, 1.54) is 16.5 Å². The molecule has 0 aliphatic carbocycles. The number of rotatable bonds is 9. The Morgan fingerprint density at radius 3 is 2.46 bits per heavy atom. The first-order valence-electron chi connectivity index (χ1n) is 12.0. The molecule has 37 heavy (non-hydrogen) atoms. The molecule has 0 N–H and O–H groups in total. The predicted octanol–water partition coefficient (Wildman–Crippen LogP) is 7.13. The fourth-order valence-electron chi connectivity index (χ4n) is 4.00. The van der Waals surface area contributed by atoms with Gasteiger partial charge in [-0.05, 0) is 54.5 Å². The number of ether oxygens (including phenoxy) is 2. The van der Waals surface area contributed by atoms with Gasteiger partial charge in [0, 0.05) is 11.8 Å². The lowest BCUT2D eigenvalue weighted by Crippen LogP contribution is -2.18. The Morgan fingerprint density at radius 2 is 1.76 bits per heavy atom. The predicted molar refractivity (Wildman–Crippen MR) is 139 cm³/mol. The first-order valence-corrected chi connectivity index (χ1v) is 12.0. The van der Waals surface area contributed by atoms with Crippen molar-refractivity contribution in [3.63, 3.8) is 0 Å². The van der Waals surface area contributed by atoms with Gasteiger partial charge in [0.2, 0.25) is 0 Å². The van der Waals surface area contributed by atoms with Crippen LogP contribution in [0.2, 0.25) is 0 Å².